The highest BCUT2D eigenvalue weighted by Gasteiger charge is 2.35. The number of unbranched alkanes of at least 4 members (excludes halogenated alkanes) is 3. The molecule has 0 bridgehead atoms. The standard InChI is InChI=1S/C51H85N15O12S/c1-32(35(55)20-25-79-3)46(73)36(16-7-10-21-52)64-65-38(18-9-12-23-54)51(78)62-37(17-8-11-22-53)50(77)61-33(2)47(74)41(67)27-58-49(76)39(26-34-14-5-4-6-15-34)63-59-28-42(68)48(75)40-19-13-24-66(40)60-30-44(70)56-29-43(69)57-31-45(71)72/h4-6,14-15,33,35-40,59-60,63-65H,1,7-13,16-31,52-55H2,2-3H3,(H,56,70)(H,57,69)(H,58,76)(H,61,77)(H,62,78)(H,71,72)/t33?,35-,36-,37-,38-,39-,40-/m0/s1. The molecule has 1 unspecified atom stereocenters. The maximum absolute atomic E-state index is 14.0. The van der Waals surface area contributed by atoms with E-state index in [0.29, 0.717) is 96.0 Å². The lowest BCUT2D eigenvalue weighted by Gasteiger charge is -2.27. The van der Waals surface area contributed by atoms with E-state index >= 15 is 0 Å². The topological polar surface area (TPSA) is 436 Å². The van der Waals surface area contributed by atoms with Crippen molar-refractivity contribution < 1.29 is 57.8 Å². The van der Waals surface area contributed by atoms with Gasteiger partial charge in [-0.15, -0.1) is 0 Å². The summed E-state index contributed by atoms with van der Waals surface area (Å²) in [6, 6.07) is 1.79. The summed E-state index contributed by atoms with van der Waals surface area (Å²) in [4.78, 5) is 143. The lowest BCUT2D eigenvalue weighted by atomic mass is 9.95. The molecule has 27 nitrogen and oxygen atoms in total. The van der Waals surface area contributed by atoms with Crippen molar-refractivity contribution in [1.29, 1.82) is 0 Å². The van der Waals surface area contributed by atoms with Crippen LogP contribution in [0, 0.1) is 0 Å². The van der Waals surface area contributed by atoms with E-state index in [4.69, 9.17) is 28.0 Å². The first kappa shape index (κ1) is 69.2. The molecular formula is C51H85N15O12S. The second kappa shape index (κ2) is 39.4. The van der Waals surface area contributed by atoms with Crippen LogP contribution in [0.5, 0.6) is 0 Å². The lowest BCUT2D eigenvalue weighted by molar-refractivity contribution is -0.139. The maximum atomic E-state index is 14.0. The minimum Gasteiger partial charge on any atom is -0.480 e. The van der Waals surface area contributed by atoms with Crippen LogP contribution in [-0.2, 0) is 59.2 Å². The molecule has 1 aliphatic heterocycles. The number of nitrogens with one attached hydrogen (secondary N) is 10. The SMILES string of the molecule is C=C(C(=O)[C@H](CCCCN)NN[C@@H](CCCCN)C(=O)N[C@@H](CCCCN)C(=O)NC(C)C(=O)C(=O)CNC(=O)[C@H](Cc1ccccc1)NNCC(=O)C(=O)[C@@H]1CCCN1NCC(=O)NCC(=O)NCC(=O)O)[C@@H](N)CCSC. The highest BCUT2D eigenvalue weighted by molar-refractivity contribution is 7.98. The van der Waals surface area contributed by atoms with E-state index in [1.165, 1.54) is 11.9 Å². The summed E-state index contributed by atoms with van der Waals surface area (Å²) in [6.07, 6.45) is 7.41. The third-order valence-electron chi connectivity index (χ3n) is 12.7. The second-order valence-corrected chi connectivity index (χ2v) is 20.0. The molecule has 1 aliphatic rings. The van der Waals surface area contributed by atoms with E-state index in [0.717, 1.165) is 5.75 Å². The van der Waals surface area contributed by atoms with Gasteiger partial charge in [-0.1, -0.05) is 49.8 Å². The van der Waals surface area contributed by atoms with Crippen molar-refractivity contribution >= 4 is 76.2 Å². The Morgan fingerprint density at radius 1 is 0.658 bits per heavy atom. The Balaban J connectivity index is 2.09. The number of carbonyl (C=O) groups is 11. The van der Waals surface area contributed by atoms with E-state index < -0.39 is 127 Å². The van der Waals surface area contributed by atoms with Crippen molar-refractivity contribution in [3.63, 3.8) is 0 Å². The van der Waals surface area contributed by atoms with E-state index in [-0.39, 0.29) is 37.2 Å². The number of carboxylic acid groups (broad SMARTS) is 1. The van der Waals surface area contributed by atoms with Crippen LogP contribution in [0.25, 0.3) is 0 Å². The minimum atomic E-state index is -1.39. The molecule has 79 heavy (non-hydrogen) atoms. The van der Waals surface area contributed by atoms with Gasteiger partial charge in [-0.3, -0.25) is 52.7 Å². The molecule has 0 radical (unpaired) electrons. The molecule has 0 aliphatic carbocycles. The molecule has 1 saturated heterocycles. The Bertz CT molecular complexity index is 2180. The van der Waals surface area contributed by atoms with Crippen molar-refractivity contribution in [3.05, 3.63) is 48.0 Å². The van der Waals surface area contributed by atoms with Crippen LogP contribution in [0.15, 0.2) is 42.5 Å². The van der Waals surface area contributed by atoms with Gasteiger partial charge in [0.05, 0.1) is 50.3 Å². The van der Waals surface area contributed by atoms with Crippen LogP contribution in [0.4, 0.5) is 0 Å². The van der Waals surface area contributed by atoms with Crippen LogP contribution in [0.3, 0.4) is 0 Å². The molecule has 1 aromatic rings. The van der Waals surface area contributed by atoms with Gasteiger partial charge in [0.15, 0.2) is 5.78 Å². The quantitative estimate of drug-likeness (QED) is 0.0127. The Labute approximate surface area is 465 Å². The van der Waals surface area contributed by atoms with Crippen molar-refractivity contribution in [3.8, 4) is 0 Å². The summed E-state index contributed by atoms with van der Waals surface area (Å²) in [7, 11) is 0. The number of hydrogen-bond donors (Lipinski definition) is 15. The molecule has 1 heterocycles. The molecule has 1 aromatic carbocycles. The number of carboxylic acids is 1. The van der Waals surface area contributed by atoms with Gasteiger partial charge in [0.2, 0.25) is 52.7 Å². The molecule has 0 aromatic heterocycles. The van der Waals surface area contributed by atoms with E-state index in [2.05, 4.69) is 60.3 Å². The van der Waals surface area contributed by atoms with Gasteiger partial charge in [-0.05, 0) is 115 Å². The molecular weight excluding hydrogens is 1050 g/mol. The number of nitrogens with zero attached hydrogens (tertiary/aromatic N) is 1. The Hall–Kier alpha value is -5.92. The third kappa shape index (κ3) is 27.2. The average molecular weight is 1130 g/mol. The van der Waals surface area contributed by atoms with Gasteiger partial charge in [0.25, 0.3) is 0 Å². The molecule has 442 valence electrons. The van der Waals surface area contributed by atoms with Crippen molar-refractivity contribution in [2.24, 2.45) is 22.9 Å². The highest BCUT2D eigenvalue weighted by Crippen LogP contribution is 2.17. The van der Waals surface area contributed by atoms with Gasteiger partial charge in [0.1, 0.15) is 18.6 Å². The van der Waals surface area contributed by atoms with Gasteiger partial charge < -0.3 is 54.6 Å². The summed E-state index contributed by atoms with van der Waals surface area (Å²) in [6.45, 7) is 3.92. The van der Waals surface area contributed by atoms with Crippen molar-refractivity contribution in [2.45, 2.75) is 133 Å². The second-order valence-electron chi connectivity index (χ2n) is 19.0. The van der Waals surface area contributed by atoms with Gasteiger partial charge >= 0.3 is 5.97 Å². The van der Waals surface area contributed by atoms with Crippen molar-refractivity contribution in [1.82, 2.24) is 58.7 Å². The summed E-state index contributed by atoms with van der Waals surface area (Å²) in [5, 5.41) is 22.3. The number of hydrazine groups is 3. The minimum absolute atomic E-state index is 0.0349. The first-order valence-corrected chi connectivity index (χ1v) is 28.1. The Morgan fingerprint density at radius 3 is 1.86 bits per heavy atom. The molecule has 7 atom stereocenters. The Kier molecular flexibility index (Phi) is 34.5. The first-order chi connectivity index (χ1) is 37.8. The number of rotatable bonds is 45. The number of carbonyl (C=O) groups excluding carboxylic acids is 10. The number of amides is 5. The van der Waals surface area contributed by atoms with Gasteiger partial charge in [0, 0.05) is 18.2 Å². The highest BCUT2D eigenvalue weighted by atomic mass is 32.2. The largest absolute Gasteiger partial charge is 0.480 e. The van der Waals surface area contributed by atoms with E-state index in [1.807, 2.05) is 6.26 Å². The average Bonchev–Trinajstić information content (AvgIpc) is 3.92. The number of Topliss-reactive ketones (excluding diaryl/α,β-unsaturated/α-hetero) is 5. The number of nitrogens with two attached hydrogens (primary N) is 4. The summed E-state index contributed by atoms with van der Waals surface area (Å²) in [5.74, 6) is -7.98. The van der Waals surface area contributed by atoms with E-state index in [9.17, 15) is 52.7 Å². The molecule has 0 saturated carbocycles. The van der Waals surface area contributed by atoms with Crippen LogP contribution in [0.2, 0.25) is 0 Å². The molecule has 19 N–H and O–H groups in total. The number of aliphatic carboxylic acids is 1. The van der Waals surface area contributed by atoms with Gasteiger partial charge in [-0.25, -0.2) is 32.1 Å². The lowest BCUT2D eigenvalue weighted by Crippen LogP contribution is -2.59. The zero-order valence-electron chi connectivity index (χ0n) is 45.5. The monoisotopic (exact) mass is 1130 g/mol. The number of thioether (sulfide) groups is 1. The van der Waals surface area contributed by atoms with Crippen LogP contribution < -0.4 is 76.6 Å². The smallest absolute Gasteiger partial charge is 0.322 e. The van der Waals surface area contributed by atoms with Gasteiger partial charge in [-0.2, -0.15) is 11.8 Å². The number of hydrogen-bond acceptors (Lipinski definition) is 22. The fraction of sp³-hybridized carbons (Fsp3) is 0.627. The fourth-order valence-electron chi connectivity index (χ4n) is 8.05. The van der Waals surface area contributed by atoms with E-state index in [1.54, 1.807) is 42.1 Å². The summed E-state index contributed by atoms with van der Waals surface area (Å²) in [5.41, 5.74) is 38.6. The summed E-state index contributed by atoms with van der Waals surface area (Å²) < 4.78 is 0. The predicted molar refractivity (Wildman–Crippen MR) is 297 cm³/mol. The molecule has 5 amide bonds. The van der Waals surface area contributed by atoms with Crippen molar-refractivity contribution in [2.75, 3.05) is 70.9 Å². The predicted octanol–water partition coefficient (Wildman–Crippen LogP) is -4.22. The fourth-order valence-corrected chi connectivity index (χ4v) is 8.54. The molecule has 1 fully saturated rings. The number of benzene rings is 1. The zero-order chi connectivity index (χ0) is 58.7. The maximum Gasteiger partial charge on any atom is 0.322 e. The zero-order valence-corrected chi connectivity index (χ0v) is 46.3. The Morgan fingerprint density at radius 2 is 1.24 bits per heavy atom. The normalized spacial score (nSPS) is 15.5. The molecule has 0 spiro atoms. The van der Waals surface area contributed by atoms with Crippen LogP contribution >= 0.6 is 11.8 Å². The third-order valence-corrected chi connectivity index (χ3v) is 13.3. The molecule has 2 rings (SSSR count). The van der Waals surface area contributed by atoms with Crippen LogP contribution in [-0.4, -0.2) is 188 Å². The van der Waals surface area contributed by atoms with Crippen LogP contribution in [0.1, 0.15) is 89.5 Å². The first-order valence-electron chi connectivity index (χ1n) is 26.7. The summed E-state index contributed by atoms with van der Waals surface area (Å²) >= 11 is 1.60. The molecule has 28 heteroatoms. The number of ketones is 5.